The second-order valence-corrected chi connectivity index (χ2v) is 7.73. The van der Waals surface area contributed by atoms with Crippen molar-refractivity contribution in [1.29, 1.82) is 0 Å². The largest absolute Gasteiger partial charge is 0.453 e. The number of ether oxygens (including phenoxy) is 1. The highest BCUT2D eigenvalue weighted by Crippen LogP contribution is 2.18. The number of carbonyl (C=O) groups is 2. The van der Waals surface area contributed by atoms with Gasteiger partial charge in [0.1, 0.15) is 17.1 Å². The topological polar surface area (TPSA) is 116 Å². The lowest BCUT2D eigenvalue weighted by Gasteiger charge is -2.13. The minimum atomic E-state index is -3.98. The molecule has 0 radical (unpaired) electrons. The molecule has 2 aromatic rings. The van der Waals surface area contributed by atoms with Gasteiger partial charge in [0, 0.05) is 5.56 Å². The molecule has 0 amide bonds. The summed E-state index contributed by atoms with van der Waals surface area (Å²) in [7, 11) is -3.98. The lowest BCUT2D eigenvalue weighted by atomic mass is 10.0. The summed E-state index contributed by atoms with van der Waals surface area (Å²) in [6.45, 7) is 5.77. The van der Waals surface area contributed by atoms with Gasteiger partial charge < -0.3 is 9.26 Å². The zero-order valence-corrected chi connectivity index (χ0v) is 16.4. The SMILES string of the molecule is CCc1ccc(C(=O)[C@@H](C)OC(=O)CNS(=O)(=O)c2c(C)noc2C)cc1. The van der Waals surface area contributed by atoms with Crippen LogP contribution in [0.2, 0.25) is 0 Å². The van der Waals surface area contributed by atoms with Crippen molar-refractivity contribution >= 4 is 21.8 Å². The quantitative estimate of drug-likeness (QED) is 0.537. The van der Waals surface area contributed by atoms with Crippen LogP contribution < -0.4 is 4.72 Å². The molecule has 0 fully saturated rings. The van der Waals surface area contributed by atoms with Gasteiger partial charge in [0.2, 0.25) is 15.8 Å². The van der Waals surface area contributed by atoms with Gasteiger partial charge in [0.15, 0.2) is 11.9 Å². The lowest BCUT2D eigenvalue weighted by Crippen LogP contribution is -2.34. The first-order valence-corrected chi connectivity index (χ1v) is 9.89. The van der Waals surface area contributed by atoms with Crippen molar-refractivity contribution in [2.24, 2.45) is 0 Å². The Kier molecular flexibility index (Phi) is 6.50. The number of esters is 1. The fourth-order valence-electron chi connectivity index (χ4n) is 2.52. The molecule has 0 unspecified atom stereocenters. The van der Waals surface area contributed by atoms with E-state index in [1.807, 2.05) is 19.1 Å². The highest BCUT2D eigenvalue weighted by molar-refractivity contribution is 7.89. The molecule has 0 saturated carbocycles. The van der Waals surface area contributed by atoms with Crippen LogP contribution in [-0.4, -0.2) is 38.0 Å². The summed E-state index contributed by atoms with van der Waals surface area (Å²) in [6.07, 6.45) is -0.182. The number of aryl methyl sites for hydroxylation is 3. The molecule has 9 heteroatoms. The van der Waals surface area contributed by atoms with Crippen molar-refractivity contribution < 1.29 is 27.3 Å². The summed E-state index contributed by atoms with van der Waals surface area (Å²) in [5.41, 5.74) is 1.70. The van der Waals surface area contributed by atoms with E-state index in [1.165, 1.54) is 20.8 Å². The Bertz CT molecular complexity index is 912. The standard InChI is InChI=1S/C18H22N2O6S/c1-5-14-6-8-15(9-7-14)17(22)12(3)25-16(21)10-19-27(23,24)18-11(2)20-26-13(18)4/h6-9,12,19H,5,10H2,1-4H3/t12-/m1/s1. The van der Waals surface area contributed by atoms with Crippen molar-refractivity contribution in [3.05, 3.63) is 46.8 Å². The summed E-state index contributed by atoms with van der Waals surface area (Å²) < 4.78 is 36.5. The van der Waals surface area contributed by atoms with Gasteiger partial charge in [-0.15, -0.1) is 0 Å². The van der Waals surface area contributed by atoms with Gasteiger partial charge >= 0.3 is 5.97 Å². The molecular formula is C18H22N2O6S. The molecule has 1 aromatic carbocycles. The lowest BCUT2D eigenvalue weighted by molar-refractivity contribution is -0.144. The fourth-order valence-corrected chi connectivity index (χ4v) is 3.81. The molecule has 0 aliphatic rings. The van der Waals surface area contributed by atoms with Gasteiger partial charge in [-0.1, -0.05) is 36.3 Å². The van der Waals surface area contributed by atoms with Gasteiger partial charge in [-0.25, -0.2) is 8.42 Å². The molecule has 0 saturated heterocycles. The van der Waals surface area contributed by atoms with E-state index in [4.69, 9.17) is 9.26 Å². The molecule has 0 spiro atoms. The van der Waals surface area contributed by atoms with E-state index in [1.54, 1.807) is 12.1 Å². The first-order valence-electron chi connectivity index (χ1n) is 8.41. The second kappa shape index (κ2) is 8.45. The molecule has 2 rings (SSSR count). The smallest absolute Gasteiger partial charge is 0.321 e. The summed E-state index contributed by atoms with van der Waals surface area (Å²) in [4.78, 5) is 24.1. The van der Waals surface area contributed by atoms with E-state index < -0.39 is 28.6 Å². The molecule has 0 bridgehead atoms. The first-order chi connectivity index (χ1) is 12.7. The average molecular weight is 394 g/mol. The Morgan fingerprint density at radius 2 is 1.85 bits per heavy atom. The number of ketones is 1. The molecule has 8 nitrogen and oxygen atoms in total. The van der Waals surface area contributed by atoms with Gasteiger partial charge in [0.05, 0.1) is 0 Å². The van der Waals surface area contributed by atoms with E-state index in [-0.39, 0.29) is 22.1 Å². The van der Waals surface area contributed by atoms with E-state index in [2.05, 4.69) is 9.88 Å². The minimum absolute atomic E-state index is 0.115. The molecule has 1 aromatic heterocycles. The number of hydrogen-bond acceptors (Lipinski definition) is 7. The first kappa shape index (κ1) is 20.8. The Morgan fingerprint density at radius 3 is 2.37 bits per heavy atom. The molecule has 0 aliphatic carbocycles. The normalized spacial score (nSPS) is 12.6. The van der Waals surface area contributed by atoms with Crippen LogP contribution >= 0.6 is 0 Å². The maximum Gasteiger partial charge on any atom is 0.321 e. The Morgan fingerprint density at radius 1 is 1.22 bits per heavy atom. The van der Waals surface area contributed by atoms with Crippen LogP contribution in [0.4, 0.5) is 0 Å². The van der Waals surface area contributed by atoms with Crippen molar-refractivity contribution in [1.82, 2.24) is 9.88 Å². The molecule has 0 aliphatic heterocycles. The van der Waals surface area contributed by atoms with Crippen molar-refractivity contribution in [3.8, 4) is 0 Å². The molecule has 1 N–H and O–H groups in total. The minimum Gasteiger partial charge on any atom is -0.453 e. The summed E-state index contributed by atoms with van der Waals surface area (Å²) in [5.74, 6) is -1.11. The maximum absolute atomic E-state index is 12.3. The van der Waals surface area contributed by atoms with E-state index in [0.717, 1.165) is 12.0 Å². The van der Waals surface area contributed by atoms with E-state index >= 15 is 0 Å². The predicted octanol–water partition coefficient (Wildman–Crippen LogP) is 1.95. The highest BCUT2D eigenvalue weighted by Gasteiger charge is 2.26. The number of nitrogens with one attached hydrogen (secondary N) is 1. The number of sulfonamides is 1. The summed E-state index contributed by atoms with van der Waals surface area (Å²) in [5, 5.41) is 3.57. The number of hydrogen-bond donors (Lipinski definition) is 1. The van der Waals surface area contributed by atoms with E-state index in [0.29, 0.717) is 5.56 Å². The summed E-state index contributed by atoms with van der Waals surface area (Å²) in [6, 6.07) is 7.01. The third kappa shape index (κ3) is 5.01. The van der Waals surface area contributed by atoms with Gasteiger partial charge in [-0.05, 0) is 32.8 Å². The van der Waals surface area contributed by atoms with Crippen LogP contribution in [0, 0.1) is 13.8 Å². The molecule has 146 valence electrons. The van der Waals surface area contributed by atoms with Gasteiger partial charge in [-0.2, -0.15) is 4.72 Å². The molecule has 1 atom stereocenters. The number of Topliss-reactive ketones (excluding diaryl/α,β-unsaturated/α-hetero) is 1. The number of aromatic nitrogens is 1. The molecule has 27 heavy (non-hydrogen) atoms. The zero-order chi connectivity index (χ0) is 20.2. The molecular weight excluding hydrogens is 372 g/mol. The maximum atomic E-state index is 12.3. The fraction of sp³-hybridized carbons (Fsp3) is 0.389. The Hall–Kier alpha value is -2.52. The van der Waals surface area contributed by atoms with Crippen LogP contribution in [0.1, 0.15) is 41.2 Å². The van der Waals surface area contributed by atoms with Crippen molar-refractivity contribution in [2.45, 2.75) is 45.1 Å². The van der Waals surface area contributed by atoms with Crippen molar-refractivity contribution in [2.75, 3.05) is 6.54 Å². The number of rotatable bonds is 8. The van der Waals surface area contributed by atoms with Crippen LogP contribution in [0.15, 0.2) is 33.7 Å². The predicted molar refractivity (Wildman–Crippen MR) is 96.9 cm³/mol. The Balaban J connectivity index is 1.95. The van der Waals surface area contributed by atoms with Gasteiger partial charge in [0.25, 0.3) is 0 Å². The van der Waals surface area contributed by atoms with Crippen LogP contribution in [-0.2, 0) is 26.0 Å². The van der Waals surface area contributed by atoms with Crippen LogP contribution in [0.3, 0.4) is 0 Å². The highest BCUT2D eigenvalue weighted by atomic mass is 32.2. The summed E-state index contributed by atoms with van der Waals surface area (Å²) >= 11 is 0. The number of carbonyl (C=O) groups excluding carboxylic acids is 2. The Labute approximate surface area is 157 Å². The van der Waals surface area contributed by atoms with Gasteiger partial charge in [-0.3, -0.25) is 9.59 Å². The zero-order valence-electron chi connectivity index (χ0n) is 15.6. The van der Waals surface area contributed by atoms with Crippen LogP contribution in [0.25, 0.3) is 0 Å². The third-order valence-corrected chi connectivity index (χ3v) is 5.61. The second-order valence-electron chi connectivity index (χ2n) is 6.02. The van der Waals surface area contributed by atoms with Crippen LogP contribution in [0.5, 0.6) is 0 Å². The third-order valence-electron chi connectivity index (χ3n) is 3.97. The van der Waals surface area contributed by atoms with E-state index in [9.17, 15) is 18.0 Å². The number of benzene rings is 1. The number of nitrogens with zero attached hydrogens (tertiary/aromatic N) is 1. The molecule has 1 heterocycles. The average Bonchev–Trinajstić information content (AvgIpc) is 2.98. The van der Waals surface area contributed by atoms with Crippen molar-refractivity contribution in [3.63, 3.8) is 0 Å². The monoisotopic (exact) mass is 394 g/mol.